The summed E-state index contributed by atoms with van der Waals surface area (Å²) in [6.07, 6.45) is 1.13. The minimum atomic E-state index is -1.34. The Kier molecular flexibility index (Phi) is 7.48. The number of likely N-dealkylation sites (N-methyl/N-ethyl adjacent to an activating group) is 1. The van der Waals surface area contributed by atoms with Crippen molar-refractivity contribution in [3.05, 3.63) is 63.6 Å². The van der Waals surface area contributed by atoms with E-state index in [0.717, 1.165) is 10.5 Å². The number of rotatable bonds is 5. The van der Waals surface area contributed by atoms with Gasteiger partial charge in [-0.2, -0.15) is 5.26 Å². The average Bonchev–Trinajstić information content (AvgIpc) is 3.39. The number of nitriles is 1. The highest BCUT2D eigenvalue weighted by Crippen LogP contribution is 2.46. The van der Waals surface area contributed by atoms with Crippen molar-refractivity contribution in [1.82, 2.24) is 14.7 Å². The van der Waals surface area contributed by atoms with Crippen LogP contribution < -0.4 is 4.90 Å². The third kappa shape index (κ3) is 4.79. The van der Waals surface area contributed by atoms with Crippen LogP contribution >= 0.6 is 23.2 Å². The molecule has 10 nitrogen and oxygen atoms in total. The summed E-state index contributed by atoms with van der Waals surface area (Å²) in [6, 6.07) is 12.9. The molecule has 3 aliphatic rings. The molecule has 0 aromatic heterocycles. The summed E-state index contributed by atoms with van der Waals surface area (Å²) in [7, 11) is 1.57. The van der Waals surface area contributed by atoms with Crippen LogP contribution in [0.2, 0.25) is 10.0 Å². The highest BCUT2D eigenvalue weighted by atomic mass is 35.5. The monoisotopic (exact) mass is 583 g/mol. The second kappa shape index (κ2) is 10.7. The zero-order chi connectivity index (χ0) is 28.8. The third-order valence-electron chi connectivity index (χ3n) is 8.16. The summed E-state index contributed by atoms with van der Waals surface area (Å²) in [5.74, 6) is -2.73. The van der Waals surface area contributed by atoms with Crippen LogP contribution in [0.15, 0.2) is 42.5 Å². The first kappa shape index (κ1) is 27.9. The topological polar surface area (TPSA) is 125 Å². The summed E-state index contributed by atoms with van der Waals surface area (Å²) in [6.45, 7) is 0.972. The second-order valence-electron chi connectivity index (χ2n) is 10.5. The van der Waals surface area contributed by atoms with E-state index >= 15 is 0 Å². The minimum Gasteiger partial charge on any atom is -0.481 e. The molecule has 3 saturated heterocycles. The number of carbonyl (C=O) groups excluding carboxylic acids is 3. The fourth-order valence-electron chi connectivity index (χ4n) is 6.11. The Bertz CT molecular complexity index is 1410. The number of urea groups is 1. The van der Waals surface area contributed by atoms with Gasteiger partial charge in [-0.25, -0.2) is 9.69 Å². The number of benzene rings is 2. The van der Waals surface area contributed by atoms with Gasteiger partial charge in [-0.15, -0.1) is 0 Å². The van der Waals surface area contributed by atoms with Crippen LogP contribution in [0.3, 0.4) is 0 Å². The van der Waals surface area contributed by atoms with Gasteiger partial charge in [-0.05, 0) is 48.7 Å². The van der Waals surface area contributed by atoms with Crippen LogP contribution in [0.5, 0.6) is 0 Å². The summed E-state index contributed by atoms with van der Waals surface area (Å²) in [5.41, 5.74) is 0.110. The first-order chi connectivity index (χ1) is 19.0. The fraction of sp³-hybridized carbons (Fsp3) is 0.393. The lowest BCUT2D eigenvalue weighted by molar-refractivity contribution is -0.146. The first-order valence-corrected chi connectivity index (χ1v) is 13.6. The van der Waals surface area contributed by atoms with Crippen molar-refractivity contribution in [2.75, 3.05) is 44.7 Å². The average molecular weight is 584 g/mol. The van der Waals surface area contributed by atoms with Gasteiger partial charge in [0.15, 0.2) is 0 Å². The Balaban J connectivity index is 1.49. The van der Waals surface area contributed by atoms with E-state index in [1.54, 1.807) is 36.2 Å². The van der Waals surface area contributed by atoms with Crippen LogP contribution in [-0.2, 0) is 14.4 Å². The molecule has 0 bridgehead atoms. The molecule has 1 unspecified atom stereocenters. The Morgan fingerprint density at radius 2 is 1.77 bits per heavy atom. The predicted octanol–water partition coefficient (Wildman–Crippen LogP) is 3.42. The van der Waals surface area contributed by atoms with E-state index in [-0.39, 0.29) is 41.3 Å². The van der Waals surface area contributed by atoms with Gasteiger partial charge in [0.2, 0.25) is 5.91 Å². The van der Waals surface area contributed by atoms with Crippen molar-refractivity contribution in [1.29, 1.82) is 5.26 Å². The molecule has 40 heavy (non-hydrogen) atoms. The quantitative estimate of drug-likeness (QED) is 0.534. The van der Waals surface area contributed by atoms with E-state index in [1.165, 1.54) is 23.1 Å². The van der Waals surface area contributed by atoms with Crippen molar-refractivity contribution < 1.29 is 24.3 Å². The van der Waals surface area contributed by atoms with Crippen molar-refractivity contribution >= 4 is 52.7 Å². The van der Waals surface area contributed by atoms with Crippen molar-refractivity contribution in [2.24, 2.45) is 5.92 Å². The lowest BCUT2D eigenvalue weighted by Gasteiger charge is -2.34. The van der Waals surface area contributed by atoms with Gasteiger partial charge >= 0.3 is 12.0 Å². The lowest BCUT2D eigenvalue weighted by atomic mass is 9.80. The summed E-state index contributed by atoms with van der Waals surface area (Å²) < 4.78 is 0. The number of carboxylic acid groups (broad SMARTS) is 1. The number of carboxylic acids is 1. The molecule has 2 aromatic rings. The largest absolute Gasteiger partial charge is 0.481 e. The Morgan fingerprint density at radius 3 is 2.40 bits per heavy atom. The van der Waals surface area contributed by atoms with E-state index < -0.39 is 35.3 Å². The molecule has 0 radical (unpaired) electrons. The number of halogens is 2. The third-order valence-corrected chi connectivity index (χ3v) is 8.60. The molecule has 2 aromatic carbocycles. The molecule has 5 rings (SSSR count). The maximum atomic E-state index is 14.3. The van der Waals surface area contributed by atoms with E-state index in [1.807, 2.05) is 4.90 Å². The van der Waals surface area contributed by atoms with Gasteiger partial charge in [-0.1, -0.05) is 35.3 Å². The van der Waals surface area contributed by atoms with Gasteiger partial charge in [-0.3, -0.25) is 19.3 Å². The highest BCUT2D eigenvalue weighted by molar-refractivity contribution is 6.35. The zero-order valence-electron chi connectivity index (χ0n) is 21.7. The molecule has 1 N–H and O–H groups in total. The number of hydrogen-bond donors (Lipinski definition) is 1. The second-order valence-corrected chi connectivity index (χ2v) is 11.4. The predicted molar refractivity (Wildman–Crippen MR) is 147 cm³/mol. The maximum absolute atomic E-state index is 14.3. The van der Waals surface area contributed by atoms with Crippen LogP contribution in [0, 0.1) is 17.2 Å². The number of likely N-dealkylation sites (tertiary alicyclic amines) is 2. The molecule has 3 heterocycles. The van der Waals surface area contributed by atoms with Crippen molar-refractivity contribution in [2.45, 2.75) is 24.3 Å². The first-order valence-electron chi connectivity index (χ1n) is 12.9. The number of carbonyl (C=O) groups is 4. The molecule has 12 heteroatoms. The molecule has 3 aliphatic heterocycles. The van der Waals surface area contributed by atoms with E-state index in [9.17, 15) is 29.5 Å². The van der Waals surface area contributed by atoms with Crippen LogP contribution in [0.25, 0.3) is 0 Å². The summed E-state index contributed by atoms with van der Waals surface area (Å²) in [4.78, 5) is 58.6. The van der Waals surface area contributed by atoms with Crippen LogP contribution in [0.4, 0.5) is 10.5 Å². The highest BCUT2D eigenvalue weighted by Gasteiger charge is 2.64. The molecule has 0 saturated carbocycles. The van der Waals surface area contributed by atoms with Gasteiger partial charge in [0.05, 0.1) is 29.8 Å². The Labute approximate surface area is 241 Å². The zero-order valence-corrected chi connectivity index (χ0v) is 23.2. The smallest absolute Gasteiger partial charge is 0.332 e. The summed E-state index contributed by atoms with van der Waals surface area (Å²) >= 11 is 12.4. The normalized spacial score (nSPS) is 25.1. The van der Waals surface area contributed by atoms with Gasteiger partial charge in [0.25, 0.3) is 5.91 Å². The molecule has 0 aliphatic carbocycles. The number of amides is 4. The van der Waals surface area contributed by atoms with E-state index in [4.69, 9.17) is 23.2 Å². The number of imide groups is 1. The lowest BCUT2D eigenvalue weighted by Crippen LogP contribution is -2.54. The SMILES string of the molecule is CN1C(=O)N(c2cc(Cl)cc(Cl)c2)C(=O)[C@]12CN(CC(=O)N1CCCC(C(=O)O)C1)C[C@H]2c1ccc(C#N)cc1. The van der Waals surface area contributed by atoms with Gasteiger partial charge in [0.1, 0.15) is 5.54 Å². The number of anilines is 1. The minimum absolute atomic E-state index is 0.0286. The van der Waals surface area contributed by atoms with Gasteiger partial charge in [0, 0.05) is 49.2 Å². The van der Waals surface area contributed by atoms with Gasteiger partial charge < -0.3 is 14.9 Å². The van der Waals surface area contributed by atoms with Crippen molar-refractivity contribution in [3.8, 4) is 6.07 Å². The van der Waals surface area contributed by atoms with E-state index in [0.29, 0.717) is 31.5 Å². The molecule has 3 atom stereocenters. The van der Waals surface area contributed by atoms with Crippen molar-refractivity contribution in [3.63, 3.8) is 0 Å². The van der Waals surface area contributed by atoms with Crippen LogP contribution in [-0.4, -0.2) is 88.9 Å². The fourth-order valence-corrected chi connectivity index (χ4v) is 6.62. The standard InChI is InChI=1S/C28H27Cl2N5O5/c1-32-27(40)35(22-10-20(29)9-21(30)11-22)26(39)28(32)16-33(14-23(28)18-6-4-17(12-31)5-7-18)15-24(36)34-8-2-3-19(13-34)25(37)38/h4-7,9-11,19,23H,2-3,8,13-16H2,1H3,(H,37,38)/t19?,23-,28+/m0/s1. The Hall–Kier alpha value is -3.65. The molecular formula is C28H27Cl2N5O5. The number of aliphatic carboxylic acids is 1. The van der Waals surface area contributed by atoms with Crippen LogP contribution in [0.1, 0.15) is 29.9 Å². The summed E-state index contributed by atoms with van der Waals surface area (Å²) in [5, 5.41) is 19.2. The molecular weight excluding hydrogens is 557 g/mol. The maximum Gasteiger partial charge on any atom is 0.332 e. The number of hydrogen-bond acceptors (Lipinski definition) is 6. The number of piperidine rings is 1. The molecule has 1 spiro atoms. The molecule has 4 amide bonds. The number of nitrogens with zero attached hydrogens (tertiary/aromatic N) is 5. The van der Waals surface area contributed by atoms with E-state index in [2.05, 4.69) is 6.07 Å². The Morgan fingerprint density at radius 1 is 1.10 bits per heavy atom. The molecule has 3 fully saturated rings. The molecule has 208 valence electrons.